The first-order chi connectivity index (χ1) is 8.04. The molecule has 2 unspecified atom stereocenters. The highest BCUT2D eigenvalue weighted by atomic mass is 19.1. The minimum absolute atomic E-state index is 0.194. The molecule has 0 aliphatic rings. The summed E-state index contributed by atoms with van der Waals surface area (Å²) in [6.07, 6.45) is 0.425. The van der Waals surface area contributed by atoms with Crippen LogP contribution in [0, 0.1) is 17.6 Å². The summed E-state index contributed by atoms with van der Waals surface area (Å²) in [6, 6.07) is 3.36. The molecule has 1 aromatic carbocycles. The number of halogens is 2. The fourth-order valence-electron chi connectivity index (χ4n) is 1.51. The van der Waals surface area contributed by atoms with Crippen molar-refractivity contribution in [2.45, 2.75) is 32.9 Å². The van der Waals surface area contributed by atoms with Gasteiger partial charge < -0.3 is 10.4 Å². The number of aliphatic hydroxyl groups excluding tert-OH is 1. The third-order valence-corrected chi connectivity index (χ3v) is 2.98. The van der Waals surface area contributed by atoms with E-state index in [1.54, 1.807) is 0 Å². The Morgan fingerprint density at radius 1 is 1.35 bits per heavy atom. The Morgan fingerprint density at radius 2 is 2.06 bits per heavy atom. The lowest BCUT2D eigenvalue weighted by Gasteiger charge is -2.17. The molecular formula is C13H19F2NO. The van der Waals surface area contributed by atoms with Gasteiger partial charge in [-0.2, -0.15) is 0 Å². The van der Waals surface area contributed by atoms with Crippen LogP contribution in [0.5, 0.6) is 0 Å². The monoisotopic (exact) mass is 243 g/mol. The number of benzene rings is 1. The standard InChI is InChI=1S/C13H19F2NO/c1-3-9(2)13(17)8-16-7-10-6-11(14)4-5-12(10)15/h4-6,9,13,16-17H,3,7-8H2,1-2H3. The van der Waals surface area contributed by atoms with Gasteiger partial charge in [0.05, 0.1) is 6.10 Å². The third-order valence-electron chi connectivity index (χ3n) is 2.98. The van der Waals surface area contributed by atoms with E-state index in [9.17, 15) is 13.9 Å². The topological polar surface area (TPSA) is 32.3 Å². The smallest absolute Gasteiger partial charge is 0.127 e. The van der Waals surface area contributed by atoms with Crippen LogP contribution in [0.2, 0.25) is 0 Å². The molecule has 0 fully saturated rings. The highest BCUT2D eigenvalue weighted by molar-refractivity contribution is 5.18. The lowest BCUT2D eigenvalue weighted by Crippen LogP contribution is -2.31. The number of hydrogen-bond acceptors (Lipinski definition) is 2. The van der Waals surface area contributed by atoms with Crippen LogP contribution in [0.3, 0.4) is 0 Å². The number of hydrogen-bond donors (Lipinski definition) is 2. The first-order valence-electron chi connectivity index (χ1n) is 5.87. The average molecular weight is 243 g/mol. The molecule has 0 aliphatic carbocycles. The maximum Gasteiger partial charge on any atom is 0.127 e. The summed E-state index contributed by atoms with van der Waals surface area (Å²) in [4.78, 5) is 0. The molecule has 0 heterocycles. The van der Waals surface area contributed by atoms with Gasteiger partial charge in [0.2, 0.25) is 0 Å². The van der Waals surface area contributed by atoms with Crippen molar-refractivity contribution in [3.05, 3.63) is 35.4 Å². The highest BCUT2D eigenvalue weighted by Gasteiger charge is 2.11. The first kappa shape index (κ1) is 14.1. The van der Waals surface area contributed by atoms with E-state index >= 15 is 0 Å². The van der Waals surface area contributed by atoms with Crippen molar-refractivity contribution in [3.8, 4) is 0 Å². The molecule has 2 atom stereocenters. The summed E-state index contributed by atoms with van der Waals surface area (Å²) in [7, 11) is 0. The summed E-state index contributed by atoms with van der Waals surface area (Å²) in [5, 5.41) is 12.6. The van der Waals surface area contributed by atoms with Gasteiger partial charge in [-0.25, -0.2) is 8.78 Å². The van der Waals surface area contributed by atoms with Gasteiger partial charge in [-0.15, -0.1) is 0 Å². The number of rotatable bonds is 6. The maximum atomic E-state index is 13.2. The summed E-state index contributed by atoms with van der Waals surface area (Å²) in [5.74, 6) is -0.692. The minimum Gasteiger partial charge on any atom is -0.392 e. The normalized spacial score (nSPS) is 14.6. The van der Waals surface area contributed by atoms with Crippen LogP contribution in [0.25, 0.3) is 0 Å². The fraction of sp³-hybridized carbons (Fsp3) is 0.538. The van der Waals surface area contributed by atoms with Gasteiger partial charge in [-0.3, -0.25) is 0 Å². The van der Waals surface area contributed by atoms with Crippen LogP contribution in [0.4, 0.5) is 8.78 Å². The van der Waals surface area contributed by atoms with Crippen molar-refractivity contribution in [1.82, 2.24) is 5.32 Å². The van der Waals surface area contributed by atoms with Crippen molar-refractivity contribution in [3.63, 3.8) is 0 Å². The van der Waals surface area contributed by atoms with Crippen LogP contribution in [0.1, 0.15) is 25.8 Å². The zero-order valence-corrected chi connectivity index (χ0v) is 10.2. The molecule has 0 amide bonds. The molecule has 2 N–H and O–H groups in total. The zero-order chi connectivity index (χ0) is 12.8. The Labute approximate surface area is 101 Å². The molecule has 0 aliphatic heterocycles. The molecule has 0 saturated heterocycles. The molecule has 0 saturated carbocycles. The van der Waals surface area contributed by atoms with Gasteiger partial charge in [0.25, 0.3) is 0 Å². The molecule has 0 spiro atoms. The van der Waals surface area contributed by atoms with Gasteiger partial charge in [0.1, 0.15) is 11.6 Å². The van der Waals surface area contributed by atoms with Crippen LogP contribution in [-0.4, -0.2) is 17.8 Å². The van der Waals surface area contributed by atoms with E-state index in [2.05, 4.69) is 5.32 Å². The molecule has 1 rings (SSSR count). The summed E-state index contributed by atoms with van der Waals surface area (Å²) in [6.45, 7) is 4.55. The summed E-state index contributed by atoms with van der Waals surface area (Å²) >= 11 is 0. The Kier molecular flexibility index (Phi) is 5.51. The maximum absolute atomic E-state index is 13.2. The van der Waals surface area contributed by atoms with E-state index in [1.165, 1.54) is 0 Å². The first-order valence-corrected chi connectivity index (χ1v) is 5.87. The Hall–Kier alpha value is -1.00. The van der Waals surface area contributed by atoms with Crippen molar-refractivity contribution in [2.24, 2.45) is 5.92 Å². The van der Waals surface area contributed by atoms with E-state index in [1.807, 2.05) is 13.8 Å². The molecule has 0 aromatic heterocycles. The second-order valence-electron chi connectivity index (χ2n) is 4.32. The van der Waals surface area contributed by atoms with Crippen LogP contribution < -0.4 is 5.32 Å². The lowest BCUT2D eigenvalue weighted by molar-refractivity contribution is 0.112. The van der Waals surface area contributed by atoms with Gasteiger partial charge >= 0.3 is 0 Å². The SMILES string of the molecule is CCC(C)C(O)CNCc1cc(F)ccc1F. The molecule has 0 bridgehead atoms. The minimum atomic E-state index is -0.461. The largest absolute Gasteiger partial charge is 0.392 e. The van der Waals surface area contributed by atoms with Gasteiger partial charge in [-0.1, -0.05) is 20.3 Å². The Bertz CT molecular complexity index is 357. The fourth-order valence-corrected chi connectivity index (χ4v) is 1.51. The quantitative estimate of drug-likeness (QED) is 0.804. The van der Waals surface area contributed by atoms with E-state index < -0.39 is 17.7 Å². The van der Waals surface area contributed by atoms with E-state index in [0.29, 0.717) is 6.54 Å². The van der Waals surface area contributed by atoms with Gasteiger partial charge in [0, 0.05) is 18.7 Å². The van der Waals surface area contributed by atoms with E-state index in [4.69, 9.17) is 0 Å². The Morgan fingerprint density at radius 3 is 2.71 bits per heavy atom. The zero-order valence-electron chi connectivity index (χ0n) is 10.2. The van der Waals surface area contributed by atoms with E-state index in [-0.39, 0.29) is 18.0 Å². The lowest BCUT2D eigenvalue weighted by atomic mass is 10.0. The van der Waals surface area contributed by atoms with Crippen molar-refractivity contribution in [2.75, 3.05) is 6.54 Å². The van der Waals surface area contributed by atoms with Crippen LogP contribution in [0.15, 0.2) is 18.2 Å². The predicted molar refractivity (Wildman–Crippen MR) is 63.5 cm³/mol. The van der Waals surface area contributed by atoms with Crippen molar-refractivity contribution >= 4 is 0 Å². The highest BCUT2D eigenvalue weighted by Crippen LogP contribution is 2.10. The molecular weight excluding hydrogens is 224 g/mol. The number of aliphatic hydroxyl groups is 1. The average Bonchev–Trinajstić information content (AvgIpc) is 2.32. The molecule has 2 nitrogen and oxygen atoms in total. The summed E-state index contributed by atoms with van der Waals surface area (Å²) < 4.78 is 26.1. The Balaban J connectivity index is 2.43. The second-order valence-corrected chi connectivity index (χ2v) is 4.32. The number of nitrogens with one attached hydrogen (secondary N) is 1. The van der Waals surface area contributed by atoms with Gasteiger partial charge in [0.15, 0.2) is 0 Å². The third kappa shape index (κ3) is 4.40. The molecule has 4 heteroatoms. The molecule has 17 heavy (non-hydrogen) atoms. The van der Waals surface area contributed by atoms with Crippen LogP contribution in [-0.2, 0) is 6.54 Å². The van der Waals surface area contributed by atoms with Crippen LogP contribution >= 0.6 is 0 Å². The molecule has 1 aromatic rings. The van der Waals surface area contributed by atoms with Crippen molar-refractivity contribution in [1.29, 1.82) is 0 Å². The van der Waals surface area contributed by atoms with Gasteiger partial charge in [-0.05, 0) is 24.1 Å². The molecule has 0 radical (unpaired) electrons. The van der Waals surface area contributed by atoms with E-state index in [0.717, 1.165) is 24.6 Å². The van der Waals surface area contributed by atoms with Crippen molar-refractivity contribution < 1.29 is 13.9 Å². The molecule has 96 valence electrons. The second kappa shape index (κ2) is 6.67. The predicted octanol–water partition coefficient (Wildman–Crippen LogP) is 2.46. The summed E-state index contributed by atoms with van der Waals surface area (Å²) in [5.41, 5.74) is 0.279.